The summed E-state index contributed by atoms with van der Waals surface area (Å²) >= 11 is 0. The minimum absolute atomic E-state index is 0.733. The molecule has 0 saturated heterocycles. The van der Waals surface area contributed by atoms with E-state index in [4.69, 9.17) is 5.73 Å². The van der Waals surface area contributed by atoms with Crippen LogP contribution in [0.3, 0.4) is 0 Å². The molecule has 0 aliphatic rings. The van der Waals surface area contributed by atoms with Crippen LogP contribution in [0.4, 0.5) is 5.69 Å². The second kappa shape index (κ2) is 4.57. The van der Waals surface area contributed by atoms with Gasteiger partial charge in [0.05, 0.1) is 11.4 Å². The predicted octanol–water partition coefficient (Wildman–Crippen LogP) is 2.55. The summed E-state index contributed by atoms with van der Waals surface area (Å²) in [5, 5.41) is 4.54. The summed E-state index contributed by atoms with van der Waals surface area (Å²) in [7, 11) is 0. The fourth-order valence-corrected chi connectivity index (χ4v) is 2.08. The van der Waals surface area contributed by atoms with Crippen molar-refractivity contribution in [3.05, 3.63) is 29.7 Å². The standard InChI is InChI=1S/C13H18N4/c1-4-7-17-10(3)13(9(2)16-17)12-8-11(14)5-6-15-12/h5-6,8H,4,7H2,1-3H3,(H2,14,15). The molecule has 0 aliphatic heterocycles. The lowest BCUT2D eigenvalue weighted by Gasteiger charge is -2.04. The van der Waals surface area contributed by atoms with Crippen LogP contribution in [0.5, 0.6) is 0 Å². The van der Waals surface area contributed by atoms with Gasteiger partial charge in [-0.05, 0) is 32.4 Å². The van der Waals surface area contributed by atoms with Crippen LogP contribution in [0.25, 0.3) is 11.3 Å². The van der Waals surface area contributed by atoms with Gasteiger partial charge in [-0.1, -0.05) is 6.92 Å². The fraction of sp³-hybridized carbons (Fsp3) is 0.385. The number of nitrogens with two attached hydrogens (primary N) is 1. The van der Waals surface area contributed by atoms with E-state index in [9.17, 15) is 0 Å². The van der Waals surface area contributed by atoms with Crippen molar-refractivity contribution in [1.82, 2.24) is 14.8 Å². The van der Waals surface area contributed by atoms with E-state index in [1.165, 1.54) is 0 Å². The lowest BCUT2D eigenvalue weighted by atomic mass is 10.1. The summed E-state index contributed by atoms with van der Waals surface area (Å²) < 4.78 is 2.04. The van der Waals surface area contributed by atoms with Gasteiger partial charge in [-0.2, -0.15) is 5.10 Å². The van der Waals surface area contributed by atoms with Crippen LogP contribution in [0.15, 0.2) is 18.3 Å². The molecule has 2 N–H and O–H groups in total. The minimum Gasteiger partial charge on any atom is -0.399 e. The number of anilines is 1. The maximum absolute atomic E-state index is 5.79. The van der Waals surface area contributed by atoms with Crippen molar-refractivity contribution in [2.45, 2.75) is 33.7 Å². The summed E-state index contributed by atoms with van der Waals surface area (Å²) in [5.74, 6) is 0. The molecule has 0 aliphatic carbocycles. The molecule has 2 aromatic heterocycles. The van der Waals surface area contributed by atoms with Gasteiger partial charge in [-0.15, -0.1) is 0 Å². The van der Waals surface area contributed by atoms with Crippen molar-refractivity contribution < 1.29 is 0 Å². The zero-order chi connectivity index (χ0) is 12.4. The third kappa shape index (κ3) is 2.16. The van der Waals surface area contributed by atoms with Crippen molar-refractivity contribution in [2.75, 3.05) is 5.73 Å². The molecule has 4 nitrogen and oxygen atoms in total. The SMILES string of the molecule is CCCn1nc(C)c(-c2cc(N)ccn2)c1C. The molecule has 0 aromatic carbocycles. The Morgan fingerprint density at radius 3 is 2.76 bits per heavy atom. The summed E-state index contributed by atoms with van der Waals surface area (Å²) in [6, 6.07) is 3.69. The number of pyridine rings is 1. The van der Waals surface area contributed by atoms with E-state index in [2.05, 4.69) is 23.9 Å². The molecular weight excluding hydrogens is 212 g/mol. The zero-order valence-electron chi connectivity index (χ0n) is 10.6. The van der Waals surface area contributed by atoms with E-state index in [0.29, 0.717) is 0 Å². The van der Waals surface area contributed by atoms with E-state index >= 15 is 0 Å². The molecule has 0 atom stereocenters. The van der Waals surface area contributed by atoms with Gasteiger partial charge in [-0.3, -0.25) is 9.67 Å². The Morgan fingerprint density at radius 2 is 2.12 bits per heavy atom. The molecule has 0 radical (unpaired) electrons. The molecule has 0 bridgehead atoms. The smallest absolute Gasteiger partial charge is 0.0759 e. The Balaban J connectivity index is 2.52. The topological polar surface area (TPSA) is 56.7 Å². The molecule has 4 heteroatoms. The normalized spacial score (nSPS) is 10.8. The predicted molar refractivity (Wildman–Crippen MR) is 69.6 cm³/mol. The molecule has 0 spiro atoms. The molecule has 2 heterocycles. The van der Waals surface area contributed by atoms with Crippen LogP contribution in [-0.4, -0.2) is 14.8 Å². The van der Waals surface area contributed by atoms with Gasteiger partial charge in [0.25, 0.3) is 0 Å². The highest BCUT2D eigenvalue weighted by atomic mass is 15.3. The Morgan fingerprint density at radius 1 is 1.35 bits per heavy atom. The second-order valence-electron chi connectivity index (χ2n) is 4.24. The largest absolute Gasteiger partial charge is 0.399 e. The lowest BCUT2D eigenvalue weighted by Crippen LogP contribution is -2.01. The van der Waals surface area contributed by atoms with Crippen LogP contribution in [0, 0.1) is 13.8 Å². The van der Waals surface area contributed by atoms with Gasteiger partial charge in [0.15, 0.2) is 0 Å². The van der Waals surface area contributed by atoms with Crippen LogP contribution in [0.1, 0.15) is 24.7 Å². The summed E-state index contributed by atoms with van der Waals surface area (Å²) in [5.41, 5.74) is 10.7. The van der Waals surface area contributed by atoms with Gasteiger partial charge in [0.2, 0.25) is 0 Å². The highest BCUT2D eigenvalue weighted by molar-refractivity contribution is 5.67. The monoisotopic (exact) mass is 230 g/mol. The number of nitrogens with zero attached hydrogens (tertiary/aromatic N) is 3. The maximum Gasteiger partial charge on any atom is 0.0759 e. The van der Waals surface area contributed by atoms with E-state index < -0.39 is 0 Å². The minimum atomic E-state index is 0.733. The molecule has 90 valence electrons. The average molecular weight is 230 g/mol. The number of hydrogen-bond acceptors (Lipinski definition) is 3. The molecule has 0 amide bonds. The Bertz CT molecular complexity index is 528. The molecule has 0 saturated carbocycles. The average Bonchev–Trinajstić information content (AvgIpc) is 2.55. The summed E-state index contributed by atoms with van der Waals surface area (Å²) in [6.07, 6.45) is 2.81. The second-order valence-corrected chi connectivity index (χ2v) is 4.24. The highest BCUT2D eigenvalue weighted by Gasteiger charge is 2.13. The van der Waals surface area contributed by atoms with Gasteiger partial charge < -0.3 is 5.73 Å². The number of nitrogen functional groups attached to an aromatic ring is 1. The van der Waals surface area contributed by atoms with E-state index in [0.717, 1.165) is 41.3 Å². The first-order valence-electron chi connectivity index (χ1n) is 5.89. The van der Waals surface area contributed by atoms with E-state index in [1.807, 2.05) is 17.7 Å². The quantitative estimate of drug-likeness (QED) is 0.881. The molecule has 0 unspecified atom stereocenters. The van der Waals surface area contributed by atoms with Gasteiger partial charge in [-0.25, -0.2) is 0 Å². The van der Waals surface area contributed by atoms with Gasteiger partial charge >= 0.3 is 0 Å². The third-order valence-corrected chi connectivity index (χ3v) is 2.86. The van der Waals surface area contributed by atoms with E-state index in [-0.39, 0.29) is 0 Å². The summed E-state index contributed by atoms with van der Waals surface area (Å²) in [6.45, 7) is 7.18. The van der Waals surface area contributed by atoms with Crippen LogP contribution in [-0.2, 0) is 6.54 Å². The molecule has 2 rings (SSSR count). The molecule has 0 fully saturated rings. The van der Waals surface area contributed by atoms with Crippen molar-refractivity contribution in [3.8, 4) is 11.3 Å². The van der Waals surface area contributed by atoms with Crippen molar-refractivity contribution in [3.63, 3.8) is 0 Å². The number of rotatable bonds is 3. The molecule has 2 aromatic rings. The Labute approximate surface area is 101 Å². The van der Waals surface area contributed by atoms with Crippen LogP contribution < -0.4 is 5.73 Å². The lowest BCUT2D eigenvalue weighted by molar-refractivity contribution is 0.583. The van der Waals surface area contributed by atoms with Crippen molar-refractivity contribution >= 4 is 5.69 Å². The molecular formula is C13H18N4. The first-order valence-corrected chi connectivity index (χ1v) is 5.89. The Kier molecular flexibility index (Phi) is 3.13. The highest BCUT2D eigenvalue weighted by Crippen LogP contribution is 2.26. The fourth-order valence-electron chi connectivity index (χ4n) is 2.08. The summed E-state index contributed by atoms with van der Waals surface area (Å²) in [4.78, 5) is 4.37. The first kappa shape index (κ1) is 11.6. The van der Waals surface area contributed by atoms with Gasteiger partial charge in [0, 0.05) is 29.7 Å². The zero-order valence-corrected chi connectivity index (χ0v) is 10.6. The number of aromatic nitrogens is 3. The maximum atomic E-state index is 5.79. The number of aryl methyl sites for hydroxylation is 2. The first-order chi connectivity index (χ1) is 8.13. The van der Waals surface area contributed by atoms with E-state index in [1.54, 1.807) is 12.3 Å². The third-order valence-electron chi connectivity index (χ3n) is 2.86. The van der Waals surface area contributed by atoms with Crippen molar-refractivity contribution in [2.24, 2.45) is 0 Å². The Hall–Kier alpha value is -1.84. The van der Waals surface area contributed by atoms with Crippen LogP contribution in [0.2, 0.25) is 0 Å². The van der Waals surface area contributed by atoms with Gasteiger partial charge in [0.1, 0.15) is 0 Å². The molecule has 17 heavy (non-hydrogen) atoms. The number of hydrogen-bond donors (Lipinski definition) is 1. The van der Waals surface area contributed by atoms with Crippen LogP contribution >= 0.6 is 0 Å². The van der Waals surface area contributed by atoms with Crippen molar-refractivity contribution in [1.29, 1.82) is 0 Å².